The maximum Gasteiger partial charge on any atom is 0.243 e. The van der Waals surface area contributed by atoms with E-state index in [0.29, 0.717) is 27.2 Å². The maximum atomic E-state index is 13.2. The van der Waals surface area contributed by atoms with E-state index in [4.69, 9.17) is 34.8 Å². The van der Waals surface area contributed by atoms with Gasteiger partial charge in [0.25, 0.3) is 0 Å². The summed E-state index contributed by atoms with van der Waals surface area (Å²) >= 11 is 20.2. The zero-order valence-corrected chi connectivity index (χ0v) is 20.9. The first-order chi connectivity index (χ1) is 14.7. The van der Waals surface area contributed by atoms with Gasteiger partial charge >= 0.3 is 0 Å². The van der Waals surface area contributed by atoms with Crippen LogP contribution in [0.2, 0.25) is 15.1 Å². The van der Waals surface area contributed by atoms with E-state index in [1.165, 1.54) is 11.8 Å². The van der Waals surface area contributed by atoms with Gasteiger partial charge in [-0.2, -0.15) is 0 Å². The van der Waals surface area contributed by atoms with Crippen molar-refractivity contribution in [3.8, 4) is 0 Å². The van der Waals surface area contributed by atoms with Crippen molar-refractivity contribution in [2.24, 2.45) is 0 Å². The number of halogens is 3. The summed E-state index contributed by atoms with van der Waals surface area (Å²) in [7, 11) is 0. The summed E-state index contributed by atoms with van der Waals surface area (Å²) in [4.78, 5) is 27.6. The third-order valence-electron chi connectivity index (χ3n) is 4.65. The molecule has 2 aromatic carbocycles. The molecule has 168 valence electrons. The predicted octanol–water partition coefficient (Wildman–Crippen LogP) is 6.21. The summed E-state index contributed by atoms with van der Waals surface area (Å²) in [5.41, 5.74) is 1.60. The van der Waals surface area contributed by atoms with Crippen LogP contribution in [0.1, 0.15) is 38.3 Å². The highest BCUT2D eigenvalue weighted by atomic mass is 35.5. The van der Waals surface area contributed by atoms with Gasteiger partial charge in [-0.3, -0.25) is 9.59 Å². The van der Waals surface area contributed by atoms with Crippen molar-refractivity contribution in [2.75, 3.05) is 5.75 Å². The molecule has 2 rings (SSSR count). The second-order valence-corrected chi connectivity index (χ2v) is 9.60. The van der Waals surface area contributed by atoms with Gasteiger partial charge in [0.05, 0.1) is 5.75 Å². The van der Waals surface area contributed by atoms with Gasteiger partial charge in [-0.15, -0.1) is 11.8 Å². The lowest BCUT2D eigenvalue weighted by atomic mass is 10.1. The van der Waals surface area contributed by atoms with Crippen molar-refractivity contribution >= 4 is 58.4 Å². The Labute approximate surface area is 203 Å². The average molecular weight is 502 g/mol. The minimum absolute atomic E-state index is 0.0180. The van der Waals surface area contributed by atoms with Crippen molar-refractivity contribution < 1.29 is 9.59 Å². The van der Waals surface area contributed by atoms with Gasteiger partial charge in [0, 0.05) is 33.4 Å². The molecule has 0 aliphatic heterocycles. The quantitative estimate of drug-likeness (QED) is 0.421. The number of rotatable bonds is 10. The fourth-order valence-corrected chi connectivity index (χ4v) is 4.95. The third-order valence-corrected chi connectivity index (χ3v) is 6.67. The van der Waals surface area contributed by atoms with Gasteiger partial charge in [0.15, 0.2) is 0 Å². The van der Waals surface area contributed by atoms with Crippen LogP contribution in [0.4, 0.5) is 0 Å². The number of nitrogens with zero attached hydrogens (tertiary/aromatic N) is 1. The zero-order chi connectivity index (χ0) is 23.0. The Balaban J connectivity index is 2.18. The van der Waals surface area contributed by atoms with E-state index in [2.05, 4.69) is 5.32 Å². The number of hydrogen-bond acceptors (Lipinski definition) is 3. The van der Waals surface area contributed by atoms with E-state index >= 15 is 0 Å². The predicted molar refractivity (Wildman–Crippen MR) is 132 cm³/mol. The SMILES string of the molecule is CC[C@@H](C(=O)NC(C)C)N(Cc1ccccc1Cl)C(=O)CSCc1c(Cl)cccc1Cl. The highest BCUT2D eigenvalue weighted by Crippen LogP contribution is 2.29. The van der Waals surface area contributed by atoms with Crippen LogP contribution in [0.15, 0.2) is 42.5 Å². The monoisotopic (exact) mass is 500 g/mol. The molecule has 31 heavy (non-hydrogen) atoms. The summed E-state index contributed by atoms with van der Waals surface area (Å²) in [6, 6.07) is 12.1. The van der Waals surface area contributed by atoms with Gasteiger partial charge < -0.3 is 10.2 Å². The van der Waals surface area contributed by atoms with Crippen LogP contribution in [0.3, 0.4) is 0 Å². The van der Waals surface area contributed by atoms with Crippen molar-refractivity contribution in [3.63, 3.8) is 0 Å². The molecule has 0 radical (unpaired) electrons. The Hall–Kier alpha value is -1.40. The van der Waals surface area contributed by atoms with Gasteiger partial charge in [-0.1, -0.05) is 66.0 Å². The molecule has 0 aliphatic rings. The van der Waals surface area contributed by atoms with Gasteiger partial charge in [-0.05, 0) is 49.6 Å². The van der Waals surface area contributed by atoms with Crippen LogP contribution in [-0.4, -0.2) is 34.6 Å². The van der Waals surface area contributed by atoms with E-state index in [-0.39, 0.29) is 30.2 Å². The molecular weight excluding hydrogens is 475 g/mol. The number of hydrogen-bond donors (Lipinski definition) is 1. The van der Waals surface area contributed by atoms with Crippen LogP contribution < -0.4 is 5.32 Å². The Morgan fingerprint density at radius 3 is 2.19 bits per heavy atom. The van der Waals surface area contributed by atoms with E-state index in [1.54, 1.807) is 29.2 Å². The van der Waals surface area contributed by atoms with Crippen LogP contribution in [0.5, 0.6) is 0 Å². The normalized spacial score (nSPS) is 12.0. The molecule has 0 heterocycles. The van der Waals surface area contributed by atoms with Gasteiger partial charge in [0.2, 0.25) is 11.8 Å². The maximum absolute atomic E-state index is 13.2. The molecule has 4 nitrogen and oxygen atoms in total. The molecule has 2 aromatic rings. The van der Waals surface area contributed by atoms with E-state index < -0.39 is 6.04 Å². The number of thioether (sulfide) groups is 1. The standard InChI is InChI=1S/C23H27Cl3N2O2S/c1-4-21(23(30)27-15(2)3)28(12-16-8-5-6-9-18(16)24)22(29)14-31-13-17-19(25)10-7-11-20(17)26/h5-11,15,21H,4,12-14H2,1-3H3,(H,27,30)/t21-/m0/s1. The number of amides is 2. The van der Waals surface area contributed by atoms with Crippen LogP contribution in [0, 0.1) is 0 Å². The molecule has 0 bridgehead atoms. The summed E-state index contributed by atoms with van der Waals surface area (Å²) < 4.78 is 0. The molecule has 8 heteroatoms. The van der Waals surface area contributed by atoms with E-state index in [1.807, 2.05) is 39.0 Å². The summed E-state index contributed by atoms with van der Waals surface area (Å²) in [6.07, 6.45) is 0.496. The van der Waals surface area contributed by atoms with Gasteiger partial charge in [0.1, 0.15) is 6.04 Å². The Bertz CT molecular complexity index is 888. The van der Waals surface area contributed by atoms with Crippen molar-refractivity contribution in [3.05, 3.63) is 68.7 Å². The summed E-state index contributed by atoms with van der Waals surface area (Å²) in [5.74, 6) is 0.382. The molecule has 0 saturated heterocycles. The van der Waals surface area contributed by atoms with Crippen molar-refractivity contribution in [2.45, 2.75) is 51.6 Å². The number of carbonyl (C=O) groups excluding carboxylic acids is 2. The number of nitrogens with one attached hydrogen (secondary N) is 1. The summed E-state index contributed by atoms with van der Waals surface area (Å²) in [6.45, 7) is 5.95. The van der Waals surface area contributed by atoms with Crippen molar-refractivity contribution in [1.82, 2.24) is 10.2 Å². The van der Waals surface area contributed by atoms with Crippen molar-refractivity contribution in [1.29, 1.82) is 0 Å². The fraction of sp³-hybridized carbons (Fsp3) is 0.391. The van der Waals surface area contributed by atoms with Gasteiger partial charge in [-0.25, -0.2) is 0 Å². The Kier molecular flexibility index (Phi) is 10.5. The third kappa shape index (κ3) is 7.60. The first-order valence-electron chi connectivity index (χ1n) is 10.1. The molecule has 0 fully saturated rings. The highest BCUT2D eigenvalue weighted by molar-refractivity contribution is 7.99. The fourth-order valence-electron chi connectivity index (χ4n) is 3.10. The number of benzene rings is 2. The molecule has 0 aliphatic carbocycles. The second-order valence-electron chi connectivity index (χ2n) is 7.39. The molecule has 2 amide bonds. The number of carbonyl (C=O) groups is 2. The Morgan fingerprint density at radius 1 is 1.00 bits per heavy atom. The molecule has 0 spiro atoms. The topological polar surface area (TPSA) is 49.4 Å². The van der Waals surface area contributed by atoms with Crippen LogP contribution >= 0.6 is 46.6 Å². The second kappa shape index (κ2) is 12.6. The smallest absolute Gasteiger partial charge is 0.243 e. The molecule has 1 atom stereocenters. The lowest BCUT2D eigenvalue weighted by Crippen LogP contribution is -2.51. The minimum atomic E-state index is -0.587. The average Bonchev–Trinajstić information content (AvgIpc) is 2.70. The largest absolute Gasteiger partial charge is 0.352 e. The summed E-state index contributed by atoms with van der Waals surface area (Å²) in [5, 5.41) is 4.63. The Morgan fingerprint density at radius 2 is 1.61 bits per heavy atom. The lowest BCUT2D eigenvalue weighted by molar-refractivity contribution is -0.139. The van der Waals surface area contributed by atoms with Crippen LogP contribution in [0.25, 0.3) is 0 Å². The molecule has 0 unspecified atom stereocenters. The minimum Gasteiger partial charge on any atom is -0.352 e. The van der Waals surface area contributed by atoms with E-state index in [0.717, 1.165) is 11.1 Å². The van der Waals surface area contributed by atoms with E-state index in [9.17, 15) is 9.59 Å². The first-order valence-corrected chi connectivity index (χ1v) is 12.4. The lowest BCUT2D eigenvalue weighted by Gasteiger charge is -2.31. The van der Waals surface area contributed by atoms with Crippen LogP contribution in [-0.2, 0) is 21.9 Å². The zero-order valence-electron chi connectivity index (χ0n) is 17.8. The molecule has 0 saturated carbocycles. The molecular formula is C23H27Cl3N2O2S. The highest BCUT2D eigenvalue weighted by Gasteiger charge is 2.29. The first kappa shape index (κ1) is 25.9. The molecule has 1 N–H and O–H groups in total. The molecule has 0 aromatic heterocycles.